The summed E-state index contributed by atoms with van der Waals surface area (Å²) in [6, 6.07) is 0.412. The van der Waals surface area contributed by atoms with E-state index in [9.17, 15) is 0 Å². The monoisotopic (exact) mass is 239 g/mol. The quantitative estimate of drug-likeness (QED) is 0.727. The summed E-state index contributed by atoms with van der Waals surface area (Å²) in [5.74, 6) is 0. The second-order valence-corrected chi connectivity index (χ2v) is 4.06. The van der Waals surface area contributed by atoms with Crippen molar-refractivity contribution < 1.29 is 9.47 Å². The highest BCUT2D eigenvalue weighted by molar-refractivity contribution is 5.17. The largest absolute Gasteiger partial charge is 0.461 e. The van der Waals surface area contributed by atoms with Crippen LogP contribution < -0.4 is 10.1 Å². The molecule has 0 atom stereocenters. The van der Waals surface area contributed by atoms with Crippen LogP contribution in [0, 0.1) is 6.92 Å². The lowest BCUT2D eigenvalue weighted by molar-refractivity contribution is 0.0530. The molecule has 0 amide bonds. The average molecular weight is 239 g/mol. The number of ether oxygens (including phenoxy) is 2. The van der Waals surface area contributed by atoms with Crippen LogP contribution in [0.3, 0.4) is 0 Å². The Hall–Kier alpha value is -1.20. The molecular formula is C12H21N3O2. The number of nitrogens with zero attached hydrogens (tertiary/aromatic N) is 2. The first-order valence-electron chi connectivity index (χ1n) is 5.85. The van der Waals surface area contributed by atoms with E-state index < -0.39 is 0 Å². The van der Waals surface area contributed by atoms with Crippen LogP contribution in [0.5, 0.6) is 6.01 Å². The second kappa shape index (κ2) is 7.19. The minimum Gasteiger partial charge on any atom is -0.461 e. The number of nitrogens with one attached hydrogen (secondary N) is 1. The molecular weight excluding hydrogens is 218 g/mol. The van der Waals surface area contributed by atoms with Gasteiger partial charge in [0.1, 0.15) is 6.61 Å². The van der Waals surface area contributed by atoms with Crippen molar-refractivity contribution in [1.82, 2.24) is 15.3 Å². The van der Waals surface area contributed by atoms with Gasteiger partial charge >= 0.3 is 6.01 Å². The molecule has 1 rings (SSSR count). The van der Waals surface area contributed by atoms with E-state index in [1.54, 1.807) is 6.20 Å². The SMILES string of the molecule is CNCc1cnc(OCCOC(C)C)nc1C. The highest BCUT2D eigenvalue weighted by Gasteiger charge is 2.03. The molecule has 0 aliphatic carbocycles. The highest BCUT2D eigenvalue weighted by atomic mass is 16.5. The summed E-state index contributed by atoms with van der Waals surface area (Å²) in [6.07, 6.45) is 2.01. The molecule has 1 aromatic heterocycles. The van der Waals surface area contributed by atoms with Gasteiger partial charge in [-0.1, -0.05) is 0 Å². The first kappa shape index (κ1) is 13.9. The van der Waals surface area contributed by atoms with E-state index in [-0.39, 0.29) is 6.10 Å². The Morgan fingerprint density at radius 3 is 2.71 bits per heavy atom. The summed E-state index contributed by atoms with van der Waals surface area (Å²) in [4.78, 5) is 8.43. The number of hydrogen-bond donors (Lipinski definition) is 1. The van der Waals surface area contributed by atoms with Gasteiger partial charge in [0.05, 0.1) is 12.7 Å². The molecule has 0 fully saturated rings. The molecule has 0 unspecified atom stereocenters. The summed E-state index contributed by atoms with van der Waals surface area (Å²) in [5, 5.41) is 3.07. The van der Waals surface area contributed by atoms with E-state index in [0.29, 0.717) is 19.2 Å². The van der Waals surface area contributed by atoms with Gasteiger partial charge in [-0.3, -0.25) is 0 Å². The van der Waals surface area contributed by atoms with Crippen molar-refractivity contribution in [2.24, 2.45) is 0 Å². The zero-order valence-electron chi connectivity index (χ0n) is 11.0. The van der Waals surface area contributed by atoms with Gasteiger partial charge in [0.25, 0.3) is 0 Å². The number of aromatic nitrogens is 2. The van der Waals surface area contributed by atoms with Gasteiger partial charge < -0.3 is 14.8 Å². The number of rotatable bonds is 7. The molecule has 0 aromatic carbocycles. The molecule has 0 aliphatic rings. The zero-order chi connectivity index (χ0) is 12.7. The molecule has 0 spiro atoms. The van der Waals surface area contributed by atoms with Crippen LogP contribution in [0.4, 0.5) is 0 Å². The molecule has 1 N–H and O–H groups in total. The maximum absolute atomic E-state index is 5.40. The normalized spacial score (nSPS) is 10.9. The molecule has 5 nitrogen and oxygen atoms in total. The maximum atomic E-state index is 5.40. The molecule has 0 aliphatic heterocycles. The summed E-state index contributed by atoms with van der Waals surface area (Å²) in [5.41, 5.74) is 2.02. The average Bonchev–Trinajstić information content (AvgIpc) is 2.28. The Bertz CT molecular complexity index is 343. The Kier molecular flexibility index (Phi) is 5.86. The lowest BCUT2D eigenvalue weighted by atomic mass is 10.2. The summed E-state index contributed by atoms with van der Waals surface area (Å²) < 4.78 is 10.8. The van der Waals surface area contributed by atoms with Gasteiger partial charge in [0.2, 0.25) is 0 Å². The zero-order valence-corrected chi connectivity index (χ0v) is 11.0. The predicted molar refractivity (Wildman–Crippen MR) is 66.1 cm³/mol. The van der Waals surface area contributed by atoms with Crippen molar-refractivity contribution in [2.75, 3.05) is 20.3 Å². The van der Waals surface area contributed by atoms with E-state index in [0.717, 1.165) is 17.8 Å². The van der Waals surface area contributed by atoms with E-state index in [4.69, 9.17) is 9.47 Å². The standard InChI is InChI=1S/C12H21N3O2/c1-9(2)16-5-6-17-12-14-8-11(7-13-4)10(3)15-12/h8-9,13H,5-7H2,1-4H3. The number of hydrogen-bond acceptors (Lipinski definition) is 5. The molecule has 0 saturated heterocycles. The third-order valence-corrected chi connectivity index (χ3v) is 2.19. The fraction of sp³-hybridized carbons (Fsp3) is 0.667. The van der Waals surface area contributed by atoms with Crippen molar-refractivity contribution >= 4 is 0 Å². The highest BCUT2D eigenvalue weighted by Crippen LogP contribution is 2.08. The van der Waals surface area contributed by atoms with Gasteiger partial charge in [0.15, 0.2) is 0 Å². The van der Waals surface area contributed by atoms with E-state index in [1.165, 1.54) is 0 Å². The van der Waals surface area contributed by atoms with Gasteiger partial charge in [0, 0.05) is 24.0 Å². The van der Waals surface area contributed by atoms with Crippen molar-refractivity contribution in [3.8, 4) is 6.01 Å². The maximum Gasteiger partial charge on any atom is 0.316 e. The van der Waals surface area contributed by atoms with E-state index in [1.807, 2.05) is 27.8 Å². The Morgan fingerprint density at radius 1 is 1.35 bits per heavy atom. The molecule has 0 saturated carbocycles. The molecule has 1 aromatic rings. The van der Waals surface area contributed by atoms with Crippen LogP contribution in [0.15, 0.2) is 6.20 Å². The lowest BCUT2D eigenvalue weighted by Gasteiger charge is -2.09. The van der Waals surface area contributed by atoms with Gasteiger partial charge in [-0.25, -0.2) is 9.97 Å². The smallest absolute Gasteiger partial charge is 0.316 e. The van der Waals surface area contributed by atoms with E-state index >= 15 is 0 Å². The topological polar surface area (TPSA) is 56.3 Å². The Morgan fingerprint density at radius 2 is 2.12 bits per heavy atom. The Balaban J connectivity index is 2.41. The van der Waals surface area contributed by atoms with Gasteiger partial charge in [-0.15, -0.1) is 0 Å². The lowest BCUT2D eigenvalue weighted by Crippen LogP contribution is -2.13. The minimum atomic E-state index is 0.222. The van der Waals surface area contributed by atoms with Crippen LogP contribution >= 0.6 is 0 Å². The summed E-state index contributed by atoms with van der Waals surface area (Å²) >= 11 is 0. The second-order valence-electron chi connectivity index (χ2n) is 4.06. The fourth-order valence-corrected chi connectivity index (χ4v) is 1.32. The fourth-order valence-electron chi connectivity index (χ4n) is 1.32. The van der Waals surface area contributed by atoms with Crippen LogP contribution in [0.1, 0.15) is 25.1 Å². The number of aryl methyl sites for hydroxylation is 1. The van der Waals surface area contributed by atoms with Gasteiger partial charge in [-0.2, -0.15) is 0 Å². The summed E-state index contributed by atoms with van der Waals surface area (Å²) in [6.45, 7) is 7.73. The van der Waals surface area contributed by atoms with Crippen molar-refractivity contribution in [1.29, 1.82) is 0 Å². The molecule has 0 bridgehead atoms. The van der Waals surface area contributed by atoms with Crippen molar-refractivity contribution in [3.05, 3.63) is 17.5 Å². The first-order chi connectivity index (χ1) is 8.13. The molecule has 5 heteroatoms. The predicted octanol–water partition coefficient (Wildman–Crippen LogP) is 1.31. The van der Waals surface area contributed by atoms with Crippen molar-refractivity contribution in [3.63, 3.8) is 0 Å². The summed E-state index contributed by atoms with van der Waals surface area (Å²) in [7, 11) is 1.90. The molecule has 17 heavy (non-hydrogen) atoms. The van der Waals surface area contributed by atoms with Crippen LogP contribution in [0.2, 0.25) is 0 Å². The minimum absolute atomic E-state index is 0.222. The molecule has 0 radical (unpaired) electrons. The molecule has 96 valence electrons. The van der Waals surface area contributed by atoms with E-state index in [2.05, 4.69) is 15.3 Å². The third-order valence-electron chi connectivity index (χ3n) is 2.19. The van der Waals surface area contributed by atoms with Crippen LogP contribution in [-0.4, -0.2) is 36.3 Å². The third kappa shape index (κ3) is 5.10. The van der Waals surface area contributed by atoms with Crippen LogP contribution in [-0.2, 0) is 11.3 Å². The van der Waals surface area contributed by atoms with Gasteiger partial charge in [-0.05, 0) is 27.8 Å². The first-order valence-corrected chi connectivity index (χ1v) is 5.85. The van der Waals surface area contributed by atoms with Crippen molar-refractivity contribution in [2.45, 2.75) is 33.4 Å². The Labute approximate surface area is 103 Å². The van der Waals surface area contributed by atoms with Crippen LogP contribution in [0.25, 0.3) is 0 Å². The molecule has 1 heterocycles.